The Morgan fingerprint density at radius 2 is 2.24 bits per heavy atom. The minimum atomic E-state index is -0.148. The highest BCUT2D eigenvalue weighted by Crippen LogP contribution is 2.18. The van der Waals surface area contributed by atoms with Crippen molar-refractivity contribution in [3.8, 4) is 11.8 Å². The van der Waals surface area contributed by atoms with E-state index in [1.807, 2.05) is 22.0 Å². The number of carbonyl (C=O) groups excluding carboxylic acids is 1. The number of amides is 1. The van der Waals surface area contributed by atoms with E-state index in [9.17, 15) is 4.79 Å². The number of aliphatic hydroxyl groups is 1. The van der Waals surface area contributed by atoms with Gasteiger partial charge in [-0.15, -0.1) is 11.3 Å². The van der Waals surface area contributed by atoms with Crippen LogP contribution in [0.4, 0.5) is 0 Å². The fraction of sp³-hybridized carbons (Fsp3) is 0.417. The average molecular weight is 267 g/mol. The van der Waals surface area contributed by atoms with Crippen molar-refractivity contribution < 1.29 is 9.90 Å². The molecule has 3 nitrogen and oxygen atoms in total. The molecule has 0 aliphatic carbocycles. The van der Waals surface area contributed by atoms with Gasteiger partial charge in [0.25, 0.3) is 5.91 Å². The molecule has 1 amide bonds. The molecule has 0 spiro atoms. The minimum absolute atomic E-state index is 0.0959. The summed E-state index contributed by atoms with van der Waals surface area (Å²) in [6, 6.07) is 1.80. The lowest BCUT2D eigenvalue weighted by molar-refractivity contribution is 0.0773. The van der Waals surface area contributed by atoms with Gasteiger partial charge in [0.05, 0.1) is 10.4 Å². The van der Waals surface area contributed by atoms with E-state index in [1.165, 1.54) is 11.3 Å². The van der Waals surface area contributed by atoms with Crippen LogP contribution >= 0.6 is 23.1 Å². The van der Waals surface area contributed by atoms with Crippen LogP contribution in [0.3, 0.4) is 0 Å². The highest BCUT2D eigenvalue weighted by molar-refractivity contribution is 7.99. The molecule has 17 heavy (non-hydrogen) atoms. The average Bonchev–Trinajstić information content (AvgIpc) is 2.85. The first-order chi connectivity index (χ1) is 8.31. The van der Waals surface area contributed by atoms with E-state index >= 15 is 0 Å². The molecule has 5 heteroatoms. The topological polar surface area (TPSA) is 40.5 Å². The van der Waals surface area contributed by atoms with E-state index in [-0.39, 0.29) is 12.5 Å². The van der Waals surface area contributed by atoms with E-state index in [4.69, 9.17) is 5.11 Å². The predicted octanol–water partition coefficient (Wildman–Crippen LogP) is 1.28. The van der Waals surface area contributed by atoms with Gasteiger partial charge >= 0.3 is 0 Å². The Bertz CT molecular complexity index is 453. The van der Waals surface area contributed by atoms with E-state index < -0.39 is 0 Å². The lowest BCUT2D eigenvalue weighted by Crippen LogP contribution is -2.37. The first kappa shape index (κ1) is 12.5. The summed E-state index contributed by atoms with van der Waals surface area (Å²) in [6.45, 7) is 1.51. The molecule has 0 aromatic carbocycles. The molecule has 1 saturated heterocycles. The molecule has 0 atom stereocenters. The predicted molar refractivity (Wildman–Crippen MR) is 71.5 cm³/mol. The van der Waals surface area contributed by atoms with Crippen molar-refractivity contribution in [3.63, 3.8) is 0 Å². The van der Waals surface area contributed by atoms with E-state index in [0.717, 1.165) is 29.5 Å². The first-order valence-corrected chi connectivity index (χ1v) is 7.40. The van der Waals surface area contributed by atoms with Crippen LogP contribution in [-0.4, -0.2) is 47.1 Å². The third-order valence-electron chi connectivity index (χ3n) is 2.44. The zero-order valence-electron chi connectivity index (χ0n) is 9.31. The van der Waals surface area contributed by atoms with Gasteiger partial charge in [-0.3, -0.25) is 4.79 Å². The molecule has 1 aliphatic heterocycles. The van der Waals surface area contributed by atoms with E-state index in [2.05, 4.69) is 11.8 Å². The monoisotopic (exact) mass is 267 g/mol. The van der Waals surface area contributed by atoms with Crippen LogP contribution in [0.1, 0.15) is 15.2 Å². The SMILES string of the molecule is O=C(c1csc(C#CCO)c1)N1CCSCC1. The van der Waals surface area contributed by atoms with Gasteiger partial charge in [-0.05, 0) is 6.07 Å². The fourth-order valence-electron chi connectivity index (χ4n) is 1.59. The quantitative estimate of drug-likeness (QED) is 0.779. The molecular weight excluding hydrogens is 254 g/mol. The molecule has 0 unspecified atom stereocenters. The number of thioether (sulfide) groups is 1. The Kier molecular flexibility index (Phi) is 4.49. The van der Waals surface area contributed by atoms with Crippen LogP contribution < -0.4 is 0 Å². The Balaban J connectivity index is 2.06. The van der Waals surface area contributed by atoms with Gasteiger partial charge in [-0.25, -0.2) is 0 Å². The van der Waals surface area contributed by atoms with Gasteiger partial charge in [0, 0.05) is 30.0 Å². The Morgan fingerprint density at radius 1 is 1.47 bits per heavy atom. The summed E-state index contributed by atoms with van der Waals surface area (Å²) in [6.07, 6.45) is 0. The standard InChI is InChI=1S/C12H13NO2S2/c14-5-1-2-11-8-10(9-17-11)12(15)13-3-6-16-7-4-13/h8-9,14H,3-7H2. The lowest BCUT2D eigenvalue weighted by Gasteiger charge is -2.25. The Labute approximate surface area is 109 Å². The van der Waals surface area contributed by atoms with Crippen molar-refractivity contribution >= 4 is 29.0 Å². The second kappa shape index (κ2) is 6.10. The van der Waals surface area contributed by atoms with Crippen molar-refractivity contribution in [2.75, 3.05) is 31.2 Å². The molecule has 1 fully saturated rings. The second-order valence-electron chi connectivity index (χ2n) is 3.56. The summed E-state index contributed by atoms with van der Waals surface area (Å²) in [7, 11) is 0. The molecule has 1 aromatic heterocycles. The van der Waals surface area contributed by atoms with Crippen LogP contribution in [0.2, 0.25) is 0 Å². The number of hydrogen-bond donors (Lipinski definition) is 1. The van der Waals surface area contributed by atoms with Gasteiger partial charge in [0.1, 0.15) is 6.61 Å². The molecule has 1 N–H and O–H groups in total. The highest BCUT2D eigenvalue weighted by Gasteiger charge is 2.19. The number of rotatable bonds is 1. The van der Waals surface area contributed by atoms with Crippen molar-refractivity contribution in [2.24, 2.45) is 0 Å². The number of nitrogens with zero attached hydrogens (tertiary/aromatic N) is 1. The molecule has 2 rings (SSSR count). The highest BCUT2D eigenvalue weighted by atomic mass is 32.2. The fourth-order valence-corrected chi connectivity index (χ4v) is 3.24. The molecule has 1 aromatic rings. The zero-order chi connectivity index (χ0) is 12.1. The van der Waals surface area contributed by atoms with Crippen LogP contribution in [0.15, 0.2) is 11.4 Å². The molecule has 0 bridgehead atoms. The minimum Gasteiger partial charge on any atom is -0.384 e. The van der Waals surface area contributed by atoms with Crippen molar-refractivity contribution in [2.45, 2.75) is 0 Å². The summed E-state index contributed by atoms with van der Waals surface area (Å²) in [4.78, 5) is 14.8. The smallest absolute Gasteiger partial charge is 0.254 e. The first-order valence-electron chi connectivity index (χ1n) is 5.36. The van der Waals surface area contributed by atoms with Crippen LogP contribution in [0.5, 0.6) is 0 Å². The van der Waals surface area contributed by atoms with Crippen molar-refractivity contribution in [3.05, 3.63) is 21.9 Å². The maximum Gasteiger partial charge on any atom is 0.254 e. The third-order valence-corrected chi connectivity index (χ3v) is 4.22. The van der Waals surface area contributed by atoms with Crippen LogP contribution in [0, 0.1) is 11.8 Å². The number of aliphatic hydroxyl groups excluding tert-OH is 1. The lowest BCUT2D eigenvalue weighted by atomic mass is 10.2. The molecular formula is C12H13NO2S2. The summed E-state index contributed by atoms with van der Waals surface area (Å²) in [5.74, 6) is 7.54. The Morgan fingerprint density at radius 3 is 2.94 bits per heavy atom. The van der Waals surface area contributed by atoms with Gasteiger partial charge in [0.2, 0.25) is 0 Å². The normalized spacial score (nSPS) is 15.2. The zero-order valence-corrected chi connectivity index (χ0v) is 10.9. The van der Waals surface area contributed by atoms with E-state index in [0.29, 0.717) is 5.56 Å². The number of hydrogen-bond acceptors (Lipinski definition) is 4. The number of carbonyl (C=O) groups is 1. The Hall–Kier alpha value is -0.960. The maximum absolute atomic E-state index is 12.1. The summed E-state index contributed by atoms with van der Waals surface area (Å²) in [5.41, 5.74) is 0.712. The molecule has 2 heterocycles. The third kappa shape index (κ3) is 3.25. The molecule has 0 radical (unpaired) electrons. The van der Waals surface area contributed by atoms with Crippen molar-refractivity contribution in [1.29, 1.82) is 0 Å². The molecule has 90 valence electrons. The van der Waals surface area contributed by atoms with Crippen LogP contribution in [0.25, 0.3) is 0 Å². The van der Waals surface area contributed by atoms with E-state index in [1.54, 1.807) is 6.07 Å². The van der Waals surface area contributed by atoms with Crippen molar-refractivity contribution in [1.82, 2.24) is 4.90 Å². The number of thiophene rings is 1. The van der Waals surface area contributed by atoms with Gasteiger partial charge in [-0.1, -0.05) is 11.8 Å². The second-order valence-corrected chi connectivity index (χ2v) is 5.70. The maximum atomic E-state index is 12.1. The summed E-state index contributed by atoms with van der Waals surface area (Å²) in [5, 5.41) is 10.4. The summed E-state index contributed by atoms with van der Waals surface area (Å²) >= 11 is 3.33. The molecule has 1 aliphatic rings. The largest absolute Gasteiger partial charge is 0.384 e. The van der Waals surface area contributed by atoms with Gasteiger partial charge in [0.15, 0.2) is 0 Å². The molecule has 0 saturated carbocycles. The van der Waals surface area contributed by atoms with Crippen LogP contribution in [-0.2, 0) is 0 Å². The summed E-state index contributed by atoms with van der Waals surface area (Å²) < 4.78 is 0. The van der Waals surface area contributed by atoms with Gasteiger partial charge < -0.3 is 10.0 Å². The van der Waals surface area contributed by atoms with Gasteiger partial charge in [-0.2, -0.15) is 11.8 Å².